The van der Waals surface area contributed by atoms with Crippen LogP contribution in [0.2, 0.25) is 5.02 Å². The molecule has 1 aromatic rings. The van der Waals surface area contributed by atoms with Crippen LogP contribution in [0.15, 0.2) is 27.6 Å². The first-order chi connectivity index (χ1) is 9.03. The van der Waals surface area contributed by atoms with Gasteiger partial charge in [-0.1, -0.05) is 27.5 Å². The van der Waals surface area contributed by atoms with Gasteiger partial charge in [0, 0.05) is 17.6 Å². The Morgan fingerprint density at radius 3 is 2.55 bits per heavy atom. The molecule has 2 N–H and O–H groups in total. The maximum atomic E-state index is 12.2. The topological polar surface area (TPSA) is 69.6 Å². The van der Waals surface area contributed by atoms with Gasteiger partial charge in [0.1, 0.15) is 4.90 Å². The van der Waals surface area contributed by atoms with E-state index in [1.54, 1.807) is 32.0 Å². The van der Waals surface area contributed by atoms with Crippen LogP contribution < -0.4 is 4.72 Å². The van der Waals surface area contributed by atoms with Crippen LogP contribution in [-0.4, -0.2) is 51.2 Å². The van der Waals surface area contributed by atoms with Crippen molar-refractivity contribution < 1.29 is 13.5 Å². The number of nitrogens with one attached hydrogen (secondary N) is 1. The van der Waals surface area contributed by atoms with Crippen molar-refractivity contribution in [2.45, 2.75) is 17.4 Å². The van der Waals surface area contributed by atoms with Gasteiger partial charge < -0.3 is 10.0 Å². The molecule has 0 heterocycles. The van der Waals surface area contributed by atoms with Gasteiger partial charge in [0.05, 0.1) is 10.6 Å². The average Bonchev–Trinajstić information content (AvgIpc) is 2.24. The number of rotatable bonds is 6. The summed E-state index contributed by atoms with van der Waals surface area (Å²) in [5, 5.41) is 10.2. The Hall–Kier alpha value is -0.180. The summed E-state index contributed by atoms with van der Waals surface area (Å²) in [6.45, 7) is 1.81. The fraction of sp³-hybridized carbons (Fsp3) is 0.500. The summed E-state index contributed by atoms with van der Waals surface area (Å²) >= 11 is 9.14. The molecule has 0 saturated heterocycles. The molecule has 1 atom stereocenters. The zero-order chi connectivity index (χ0) is 15.6. The van der Waals surface area contributed by atoms with Gasteiger partial charge in [-0.25, -0.2) is 13.1 Å². The normalized spacial score (nSPS) is 15.3. The lowest BCUT2D eigenvalue weighted by atomic mass is 10.1. The number of aliphatic hydroxyl groups is 1. The second kappa shape index (κ2) is 6.72. The maximum Gasteiger partial charge on any atom is 0.242 e. The molecule has 114 valence electrons. The third-order valence-corrected chi connectivity index (χ3v) is 4.86. The summed E-state index contributed by atoms with van der Waals surface area (Å²) < 4.78 is 27.4. The Kier molecular flexibility index (Phi) is 6.01. The van der Waals surface area contributed by atoms with Crippen molar-refractivity contribution in [2.24, 2.45) is 0 Å². The van der Waals surface area contributed by atoms with E-state index in [9.17, 15) is 13.5 Å². The van der Waals surface area contributed by atoms with E-state index in [0.717, 1.165) is 0 Å². The van der Waals surface area contributed by atoms with Crippen LogP contribution in [0.3, 0.4) is 0 Å². The summed E-state index contributed by atoms with van der Waals surface area (Å²) in [4.78, 5) is 1.77. The fourth-order valence-corrected chi connectivity index (χ4v) is 3.96. The molecule has 0 bridgehead atoms. The van der Waals surface area contributed by atoms with Crippen molar-refractivity contribution >= 4 is 37.6 Å². The van der Waals surface area contributed by atoms with Gasteiger partial charge in [-0.05, 0) is 39.2 Å². The summed E-state index contributed by atoms with van der Waals surface area (Å²) in [6, 6.07) is 4.52. The minimum atomic E-state index is -3.76. The molecule has 1 aromatic carbocycles. The number of hydrogen-bond donors (Lipinski definition) is 2. The molecule has 0 amide bonds. The van der Waals surface area contributed by atoms with E-state index >= 15 is 0 Å². The van der Waals surface area contributed by atoms with E-state index in [4.69, 9.17) is 11.6 Å². The molecular weight excluding hydrogens is 368 g/mol. The third kappa shape index (κ3) is 5.31. The first-order valence-corrected chi connectivity index (χ1v) is 8.51. The lowest BCUT2D eigenvalue weighted by molar-refractivity contribution is 0.0386. The molecule has 0 aliphatic heterocycles. The smallest absolute Gasteiger partial charge is 0.242 e. The molecule has 8 heteroatoms. The molecule has 0 saturated carbocycles. The van der Waals surface area contributed by atoms with E-state index in [1.807, 2.05) is 0 Å². The van der Waals surface area contributed by atoms with E-state index in [0.29, 0.717) is 11.0 Å². The van der Waals surface area contributed by atoms with Crippen molar-refractivity contribution in [1.82, 2.24) is 9.62 Å². The zero-order valence-electron chi connectivity index (χ0n) is 11.5. The van der Waals surface area contributed by atoms with Crippen LogP contribution in [0.1, 0.15) is 6.92 Å². The summed E-state index contributed by atoms with van der Waals surface area (Å²) in [6.07, 6.45) is 0. The molecule has 0 fully saturated rings. The lowest BCUT2D eigenvalue weighted by Gasteiger charge is -2.27. The van der Waals surface area contributed by atoms with Crippen molar-refractivity contribution in [2.75, 3.05) is 27.2 Å². The van der Waals surface area contributed by atoms with E-state index < -0.39 is 15.6 Å². The molecule has 0 aliphatic rings. The molecule has 0 radical (unpaired) electrons. The number of likely N-dealkylation sites (N-methyl/N-ethyl adjacent to an activating group) is 1. The standard InChI is InChI=1S/C12H18BrClN2O3S/c1-12(17,8-16(2)3)7-15-20(18,19)11-5-4-9(13)6-10(11)14/h4-6,15,17H,7-8H2,1-3H3. The Bertz CT molecular complexity index is 576. The minimum absolute atomic E-state index is 0.0111. The van der Waals surface area contributed by atoms with Crippen molar-refractivity contribution in [3.05, 3.63) is 27.7 Å². The zero-order valence-corrected chi connectivity index (χ0v) is 14.7. The van der Waals surface area contributed by atoms with Gasteiger partial charge in [-0.2, -0.15) is 0 Å². The Balaban J connectivity index is 2.85. The van der Waals surface area contributed by atoms with Gasteiger partial charge >= 0.3 is 0 Å². The molecule has 20 heavy (non-hydrogen) atoms. The van der Waals surface area contributed by atoms with Crippen LogP contribution in [0.4, 0.5) is 0 Å². The first kappa shape index (κ1) is 17.9. The largest absolute Gasteiger partial charge is 0.387 e. The maximum absolute atomic E-state index is 12.2. The highest BCUT2D eigenvalue weighted by Crippen LogP contribution is 2.25. The van der Waals surface area contributed by atoms with Gasteiger partial charge in [-0.3, -0.25) is 0 Å². The quantitative estimate of drug-likeness (QED) is 0.782. The highest BCUT2D eigenvalue weighted by atomic mass is 79.9. The number of sulfonamides is 1. The van der Waals surface area contributed by atoms with E-state index in [-0.39, 0.29) is 16.5 Å². The molecular formula is C12H18BrClN2O3S. The number of benzene rings is 1. The van der Waals surface area contributed by atoms with Crippen LogP contribution >= 0.6 is 27.5 Å². The Morgan fingerprint density at radius 1 is 1.45 bits per heavy atom. The van der Waals surface area contributed by atoms with Gasteiger partial charge in [0.2, 0.25) is 10.0 Å². The fourth-order valence-electron chi connectivity index (χ4n) is 1.76. The lowest BCUT2D eigenvalue weighted by Crippen LogP contribution is -2.47. The second-order valence-electron chi connectivity index (χ2n) is 5.13. The van der Waals surface area contributed by atoms with Crippen LogP contribution in [0.5, 0.6) is 0 Å². The highest BCUT2D eigenvalue weighted by molar-refractivity contribution is 9.10. The van der Waals surface area contributed by atoms with Crippen LogP contribution in [0.25, 0.3) is 0 Å². The predicted octanol–water partition coefficient (Wildman–Crippen LogP) is 1.69. The molecule has 1 unspecified atom stereocenters. The van der Waals surface area contributed by atoms with E-state index in [2.05, 4.69) is 20.7 Å². The first-order valence-electron chi connectivity index (χ1n) is 5.85. The number of hydrogen-bond acceptors (Lipinski definition) is 4. The molecule has 0 aromatic heterocycles. The Morgan fingerprint density at radius 2 is 2.05 bits per heavy atom. The van der Waals surface area contributed by atoms with Crippen LogP contribution in [0, 0.1) is 0 Å². The van der Waals surface area contributed by atoms with Crippen molar-refractivity contribution in [3.63, 3.8) is 0 Å². The summed E-state index contributed by atoms with van der Waals surface area (Å²) in [7, 11) is -0.158. The molecule has 0 spiro atoms. The highest BCUT2D eigenvalue weighted by Gasteiger charge is 2.26. The summed E-state index contributed by atoms with van der Waals surface area (Å²) in [5.41, 5.74) is -1.17. The number of nitrogens with zero attached hydrogens (tertiary/aromatic N) is 1. The molecule has 1 rings (SSSR count). The molecule has 5 nitrogen and oxygen atoms in total. The Labute approximate surface area is 133 Å². The SMILES string of the molecule is CN(C)CC(C)(O)CNS(=O)(=O)c1ccc(Br)cc1Cl. The van der Waals surface area contributed by atoms with E-state index in [1.165, 1.54) is 12.1 Å². The minimum Gasteiger partial charge on any atom is -0.387 e. The summed E-state index contributed by atoms with van der Waals surface area (Å²) in [5.74, 6) is 0. The van der Waals surface area contributed by atoms with Crippen LogP contribution in [-0.2, 0) is 10.0 Å². The predicted molar refractivity (Wildman–Crippen MR) is 83.5 cm³/mol. The monoisotopic (exact) mass is 384 g/mol. The molecule has 0 aliphatic carbocycles. The second-order valence-corrected chi connectivity index (χ2v) is 8.19. The third-order valence-electron chi connectivity index (χ3n) is 2.48. The number of halogens is 2. The van der Waals surface area contributed by atoms with Gasteiger partial charge in [0.15, 0.2) is 0 Å². The van der Waals surface area contributed by atoms with Gasteiger partial charge in [0.25, 0.3) is 0 Å². The average molecular weight is 386 g/mol. The van der Waals surface area contributed by atoms with Crippen molar-refractivity contribution in [3.8, 4) is 0 Å². The van der Waals surface area contributed by atoms with Gasteiger partial charge in [-0.15, -0.1) is 0 Å². The van der Waals surface area contributed by atoms with Crippen molar-refractivity contribution in [1.29, 1.82) is 0 Å².